The number of likely N-dealkylation sites (tertiary alicyclic amines) is 1. The van der Waals surface area contributed by atoms with Gasteiger partial charge in [0, 0.05) is 18.7 Å². The largest absolute Gasteiger partial charge is 0.389 e. The molecule has 0 aromatic heterocycles. The van der Waals surface area contributed by atoms with Crippen LogP contribution < -0.4 is 5.73 Å². The van der Waals surface area contributed by atoms with E-state index in [1.165, 1.54) is 32.0 Å². The van der Waals surface area contributed by atoms with E-state index in [1.54, 1.807) is 6.07 Å². The molecule has 0 spiro atoms. The number of rotatable bonds is 5. The van der Waals surface area contributed by atoms with Gasteiger partial charge in [-0.2, -0.15) is 0 Å². The minimum atomic E-state index is -0.275. The normalized spacial score (nSPS) is 17.3. The van der Waals surface area contributed by atoms with Gasteiger partial charge in [-0.15, -0.1) is 0 Å². The van der Waals surface area contributed by atoms with Crippen LogP contribution in [0.4, 0.5) is 4.39 Å². The van der Waals surface area contributed by atoms with Gasteiger partial charge in [-0.1, -0.05) is 12.2 Å². The summed E-state index contributed by atoms with van der Waals surface area (Å²) in [6.07, 6.45) is 2.48. The Balaban J connectivity index is 1.93. The van der Waals surface area contributed by atoms with Crippen LogP contribution in [-0.4, -0.2) is 48.5 Å². The molecule has 116 valence electrons. The zero-order valence-corrected chi connectivity index (χ0v) is 13.6. The lowest BCUT2D eigenvalue weighted by Gasteiger charge is -2.31. The van der Waals surface area contributed by atoms with Gasteiger partial charge in [0.2, 0.25) is 0 Å². The number of nitrogens with zero attached hydrogens (tertiary/aromatic N) is 2. The van der Waals surface area contributed by atoms with E-state index in [4.69, 9.17) is 18.0 Å². The van der Waals surface area contributed by atoms with Gasteiger partial charge in [0.25, 0.3) is 0 Å². The molecule has 21 heavy (non-hydrogen) atoms. The molecule has 1 fully saturated rings. The summed E-state index contributed by atoms with van der Waals surface area (Å²) in [6, 6.07) is 4.84. The quantitative estimate of drug-likeness (QED) is 0.846. The van der Waals surface area contributed by atoms with Gasteiger partial charge >= 0.3 is 0 Å². The number of nitrogens with two attached hydrogens (primary N) is 1. The fourth-order valence-corrected chi connectivity index (χ4v) is 3.06. The summed E-state index contributed by atoms with van der Waals surface area (Å²) in [5.41, 5.74) is 7.12. The SMILES string of the molecule is CN1CCC(CN(C)Cc2cc(F)cc(C(N)=S)c2)CC1. The number of thiocarbonyl (C=S) groups is 1. The van der Waals surface area contributed by atoms with Crippen molar-refractivity contribution in [1.82, 2.24) is 9.80 Å². The highest BCUT2D eigenvalue weighted by molar-refractivity contribution is 7.80. The van der Waals surface area contributed by atoms with Gasteiger partial charge in [0.05, 0.1) is 0 Å². The Morgan fingerprint density at radius 2 is 2.05 bits per heavy atom. The average Bonchev–Trinajstić information content (AvgIpc) is 2.40. The van der Waals surface area contributed by atoms with E-state index in [1.807, 2.05) is 6.07 Å². The summed E-state index contributed by atoms with van der Waals surface area (Å²) in [6.45, 7) is 4.11. The zero-order valence-electron chi connectivity index (χ0n) is 12.8. The number of hydrogen-bond acceptors (Lipinski definition) is 3. The number of halogens is 1. The van der Waals surface area contributed by atoms with Gasteiger partial charge in [-0.3, -0.25) is 0 Å². The van der Waals surface area contributed by atoms with Crippen molar-refractivity contribution < 1.29 is 4.39 Å². The summed E-state index contributed by atoms with van der Waals surface area (Å²) < 4.78 is 13.6. The Labute approximate surface area is 131 Å². The second-order valence-corrected chi connectivity index (χ2v) is 6.60. The predicted molar refractivity (Wildman–Crippen MR) is 88.8 cm³/mol. The fourth-order valence-electron chi connectivity index (χ4n) is 2.95. The van der Waals surface area contributed by atoms with Crippen LogP contribution in [0.2, 0.25) is 0 Å². The van der Waals surface area contributed by atoms with Gasteiger partial charge in [-0.25, -0.2) is 4.39 Å². The van der Waals surface area contributed by atoms with Crippen molar-refractivity contribution in [2.24, 2.45) is 11.7 Å². The Hall–Kier alpha value is -1.04. The molecule has 5 heteroatoms. The molecular formula is C16H24FN3S. The molecule has 0 aliphatic carbocycles. The standard InChI is InChI=1S/C16H24FN3S/c1-19-5-3-12(4-6-19)10-20(2)11-13-7-14(16(18)21)9-15(17)8-13/h7-9,12H,3-6,10-11H2,1-2H3,(H2,18,21). The van der Waals surface area contributed by atoms with Crippen molar-refractivity contribution >= 4 is 17.2 Å². The first kappa shape index (κ1) is 16.3. The second-order valence-electron chi connectivity index (χ2n) is 6.16. The van der Waals surface area contributed by atoms with Gasteiger partial charge < -0.3 is 15.5 Å². The van der Waals surface area contributed by atoms with E-state index in [-0.39, 0.29) is 10.8 Å². The number of benzene rings is 1. The molecule has 1 aromatic rings. The van der Waals surface area contributed by atoms with Gasteiger partial charge in [-0.05, 0) is 69.7 Å². The molecule has 1 aliphatic rings. The first-order chi connectivity index (χ1) is 9.94. The summed E-state index contributed by atoms with van der Waals surface area (Å²) >= 11 is 4.93. The minimum Gasteiger partial charge on any atom is -0.389 e. The zero-order chi connectivity index (χ0) is 15.4. The molecule has 2 rings (SSSR count). The molecule has 0 unspecified atom stereocenters. The van der Waals surface area contributed by atoms with E-state index in [2.05, 4.69) is 23.9 Å². The number of piperidine rings is 1. The van der Waals surface area contributed by atoms with Crippen molar-refractivity contribution in [3.05, 3.63) is 35.1 Å². The Bertz CT molecular complexity index is 498. The molecule has 2 N–H and O–H groups in total. The van der Waals surface area contributed by atoms with E-state index in [0.29, 0.717) is 5.56 Å². The van der Waals surface area contributed by atoms with Crippen molar-refractivity contribution in [2.75, 3.05) is 33.7 Å². The summed E-state index contributed by atoms with van der Waals surface area (Å²) in [4.78, 5) is 4.87. The van der Waals surface area contributed by atoms with Gasteiger partial charge in [0.15, 0.2) is 0 Å². The molecule has 0 radical (unpaired) electrons. The van der Waals surface area contributed by atoms with E-state index < -0.39 is 0 Å². The molecule has 1 heterocycles. The van der Waals surface area contributed by atoms with Crippen molar-refractivity contribution in [3.8, 4) is 0 Å². The van der Waals surface area contributed by atoms with Crippen LogP contribution in [0.3, 0.4) is 0 Å². The van der Waals surface area contributed by atoms with Crippen LogP contribution >= 0.6 is 12.2 Å². The second kappa shape index (κ2) is 7.29. The Morgan fingerprint density at radius 3 is 2.67 bits per heavy atom. The van der Waals surface area contributed by atoms with Crippen LogP contribution in [-0.2, 0) is 6.54 Å². The van der Waals surface area contributed by atoms with Crippen LogP contribution in [0.15, 0.2) is 18.2 Å². The minimum absolute atomic E-state index is 0.244. The highest BCUT2D eigenvalue weighted by Gasteiger charge is 2.18. The van der Waals surface area contributed by atoms with Crippen LogP contribution in [0, 0.1) is 11.7 Å². The van der Waals surface area contributed by atoms with E-state index >= 15 is 0 Å². The van der Waals surface area contributed by atoms with E-state index in [9.17, 15) is 4.39 Å². The smallest absolute Gasteiger partial charge is 0.124 e. The van der Waals surface area contributed by atoms with E-state index in [0.717, 1.165) is 24.6 Å². The van der Waals surface area contributed by atoms with Crippen LogP contribution in [0.5, 0.6) is 0 Å². The van der Waals surface area contributed by atoms with Gasteiger partial charge in [0.1, 0.15) is 10.8 Å². The predicted octanol–water partition coefficient (Wildman–Crippen LogP) is 2.23. The first-order valence-electron chi connectivity index (χ1n) is 7.40. The molecule has 3 nitrogen and oxygen atoms in total. The first-order valence-corrected chi connectivity index (χ1v) is 7.81. The average molecular weight is 309 g/mol. The van der Waals surface area contributed by atoms with Crippen molar-refractivity contribution in [1.29, 1.82) is 0 Å². The lowest BCUT2D eigenvalue weighted by Crippen LogP contribution is -2.35. The maximum atomic E-state index is 13.6. The fraction of sp³-hybridized carbons (Fsp3) is 0.562. The number of hydrogen-bond donors (Lipinski definition) is 1. The lowest BCUT2D eigenvalue weighted by atomic mass is 9.96. The molecule has 1 aliphatic heterocycles. The molecular weight excluding hydrogens is 285 g/mol. The summed E-state index contributed by atoms with van der Waals surface area (Å²) in [5.74, 6) is 0.456. The van der Waals surface area contributed by atoms with Crippen molar-refractivity contribution in [3.63, 3.8) is 0 Å². The molecule has 1 aromatic carbocycles. The van der Waals surface area contributed by atoms with Crippen molar-refractivity contribution in [2.45, 2.75) is 19.4 Å². The Morgan fingerprint density at radius 1 is 1.38 bits per heavy atom. The maximum absolute atomic E-state index is 13.6. The molecule has 0 atom stereocenters. The third-order valence-electron chi connectivity index (χ3n) is 4.10. The molecule has 1 saturated heterocycles. The maximum Gasteiger partial charge on any atom is 0.124 e. The highest BCUT2D eigenvalue weighted by atomic mass is 32.1. The molecule has 0 amide bonds. The molecule has 0 bridgehead atoms. The lowest BCUT2D eigenvalue weighted by molar-refractivity contribution is 0.173. The summed E-state index contributed by atoms with van der Waals surface area (Å²) in [7, 11) is 4.26. The van der Waals surface area contributed by atoms with Crippen LogP contribution in [0.1, 0.15) is 24.0 Å². The Kier molecular flexibility index (Phi) is 5.67. The van der Waals surface area contributed by atoms with Crippen LogP contribution in [0.25, 0.3) is 0 Å². The topological polar surface area (TPSA) is 32.5 Å². The third kappa shape index (κ3) is 5.02. The molecule has 0 saturated carbocycles. The third-order valence-corrected chi connectivity index (χ3v) is 4.34. The summed E-state index contributed by atoms with van der Waals surface area (Å²) in [5, 5.41) is 0. The highest BCUT2D eigenvalue weighted by Crippen LogP contribution is 2.18. The monoisotopic (exact) mass is 309 g/mol.